The molecule has 0 aliphatic rings. The lowest BCUT2D eigenvalue weighted by Crippen LogP contribution is -2.39. The topological polar surface area (TPSA) is 54.9 Å². The molecule has 2 aromatic carbocycles. The number of benzene rings is 2. The number of nitrogens with zero attached hydrogens (tertiary/aromatic N) is 1. The van der Waals surface area contributed by atoms with Gasteiger partial charge in [0.15, 0.2) is 29.1 Å². The Morgan fingerprint density at radius 1 is 1.00 bits per heavy atom. The number of aliphatic imine (C=N–C) groups is 1. The SMILES string of the molecule is CN=C(NCCc1ccc(OC)c(OC)c1)NCC(C)c1ccc(F)c(F)c1.I. The lowest BCUT2D eigenvalue weighted by Gasteiger charge is -2.17. The second kappa shape index (κ2) is 12.5. The van der Waals surface area contributed by atoms with E-state index >= 15 is 0 Å². The molecule has 0 amide bonds. The maximum atomic E-state index is 13.4. The van der Waals surface area contributed by atoms with Crippen LogP contribution < -0.4 is 20.1 Å². The Morgan fingerprint density at radius 2 is 1.72 bits per heavy atom. The van der Waals surface area contributed by atoms with Crippen molar-refractivity contribution in [3.05, 3.63) is 59.2 Å². The first-order valence-electron chi connectivity index (χ1n) is 9.08. The van der Waals surface area contributed by atoms with Gasteiger partial charge >= 0.3 is 0 Å². The summed E-state index contributed by atoms with van der Waals surface area (Å²) in [6.07, 6.45) is 0.778. The van der Waals surface area contributed by atoms with E-state index < -0.39 is 11.6 Å². The van der Waals surface area contributed by atoms with Gasteiger partial charge in [0.1, 0.15) is 0 Å². The Balaban J connectivity index is 0.00000420. The van der Waals surface area contributed by atoms with Crippen LogP contribution >= 0.6 is 24.0 Å². The van der Waals surface area contributed by atoms with Crippen LogP contribution in [0.3, 0.4) is 0 Å². The number of nitrogens with one attached hydrogen (secondary N) is 2. The van der Waals surface area contributed by atoms with Crippen molar-refractivity contribution in [1.82, 2.24) is 10.6 Å². The Morgan fingerprint density at radius 3 is 2.34 bits per heavy atom. The average Bonchev–Trinajstić information content (AvgIpc) is 2.71. The molecule has 0 spiro atoms. The smallest absolute Gasteiger partial charge is 0.191 e. The van der Waals surface area contributed by atoms with Crippen LogP contribution in [0.15, 0.2) is 41.4 Å². The quantitative estimate of drug-likeness (QED) is 0.313. The molecule has 2 aromatic rings. The fourth-order valence-electron chi connectivity index (χ4n) is 2.77. The maximum Gasteiger partial charge on any atom is 0.191 e. The molecule has 0 heterocycles. The number of halogens is 3. The van der Waals surface area contributed by atoms with Crippen molar-refractivity contribution in [1.29, 1.82) is 0 Å². The molecule has 0 saturated carbocycles. The van der Waals surface area contributed by atoms with Gasteiger partial charge in [0.2, 0.25) is 0 Å². The zero-order valence-electron chi connectivity index (χ0n) is 17.1. The predicted octanol–water partition coefficient (Wildman–Crippen LogP) is 4.11. The number of guanidine groups is 1. The summed E-state index contributed by atoms with van der Waals surface area (Å²) in [5.41, 5.74) is 1.84. The summed E-state index contributed by atoms with van der Waals surface area (Å²) in [6, 6.07) is 9.79. The molecule has 0 aliphatic heterocycles. The highest BCUT2D eigenvalue weighted by Gasteiger charge is 2.10. The third-order valence-electron chi connectivity index (χ3n) is 4.47. The number of methoxy groups -OCH3 is 2. The molecule has 1 atom stereocenters. The van der Waals surface area contributed by atoms with E-state index in [0.29, 0.717) is 30.5 Å². The maximum absolute atomic E-state index is 13.4. The van der Waals surface area contributed by atoms with Gasteiger partial charge in [-0.3, -0.25) is 4.99 Å². The molecular weight excluding hydrogens is 491 g/mol. The van der Waals surface area contributed by atoms with E-state index in [0.717, 1.165) is 23.6 Å². The van der Waals surface area contributed by atoms with Gasteiger partial charge in [-0.15, -0.1) is 24.0 Å². The van der Waals surface area contributed by atoms with Gasteiger partial charge in [-0.1, -0.05) is 19.1 Å². The largest absolute Gasteiger partial charge is 0.493 e. The van der Waals surface area contributed by atoms with Crippen LogP contribution in [0, 0.1) is 11.6 Å². The van der Waals surface area contributed by atoms with Gasteiger partial charge in [0, 0.05) is 20.1 Å². The molecule has 2 rings (SSSR count). The molecule has 0 aromatic heterocycles. The molecule has 0 bridgehead atoms. The summed E-state index contributed by atoms with van der Waals surface area (Å²) in [4.78, 5) is 4.19. The first kappa shape index (κ1) is 24.9. The normalized spacial score (nSPS) is 12.0. The van der Waals surface area contributed by atoms with Gasteiger partial charge in [0.25, 0.3) is 0 Å². The molecular formula is C21H28F2IN3O2. The third kappa shape index (κ3) is 7.34. The summed E-state index contributed by atoms with van der Waals surface area (Å²) < 4.78 is 37.0. The standard InChI is InChI=1S/C21H27F2N3O2.HI/c1-14(16-6-7-17(22)18(23)12-16)13-26-21(24-2)25-10-9-15-5-8-19(27-3)20(11-15)28-4;/h5-8,11-12,14H,9-10,13H2,1-4H3,(H2,24,25,26);1H. The molecule has 1 unspecified atom stereocenters. The van der Waals surface area contributed by atoms with E-state index in [1.165, 1.54) is 6.07 Å². The van der Waals surface area contributed by atoms with E-state index in [1.807, 2.05) is 25.1 Å². The van der Waals surface area contributed by atoms with Crippen LogP contribution in [0.5, 0.6) is 11.5 Å². The molecule has 0 fully saturated rings. The second-order valence-electron chi connectivity index (χ2n) is 6.39. The second-order valence-corrected chi connectivity index (χ2v) is 6.39. The molecule has 2 N–H and O–H groups in total. The summed E-state index contributed by atoms with van der Waals surface area (Å²) >= 11 is 0. The minimum absolute atomic E-state index is 0. The van der Waals surface area contributed by atoms with E-state index in [-0.39, 0.29) is 29.9 Å². The van der Waals surface area contributed by atoms with Crippen LogP contribution in [-0.4, -0.2) is 40.3 Å². The van der Waals surface area contributed by atoms with Crippen molar-refractivity contribution in [2.24, 2.45) is 4.99 Å². The predicted molar refractivity (Wildman–Crippen MR) is 123 cm³/mol. The third-order valence-corrected chi connectivity index (χ3v) is 4.47. The summed E-state index contributed by atoms with van der Waals surface area (Å²) in [5, 5.41) is 6.45. The zero-order chi connectivity index (χ0) is 20.5. The number of hydrogen-bond acceptors (Lipinski definition) is 3. The first-order valence-corrected chi connectivity index (χ1v) is 9.08. The Labute approximate surface area is 187 Å². The number of rotatable bonds is 8. The van der Waals surface area contributed by atoms with Crippen molar-refractivity contribution >= 4 is 29.9 Å². The van der Waals surface area contributed by atoms with Crippen LogP contribution in [0.2, 0.25) is 0 Å². The molecule has 0 saturated heterocycles. The highest BCUT2D eigenvalue weighted by Crippen LogP contribution is 2.27. The number of ether oxygens (including phenoxy) is 2. The Kier molecular flexibility index (Phi) is 10.7. The van der Waals surface area contributed by atoms with Crippen molar-refractivity contribution in [2.45, 2.75) is 19.3 Å². The van der Waals surface area contributed by atoms with Gasteiger partial charge in [-0.25, -0.2) is 8.78 Å². The Hall–Kier alpha value is -2.10. The molecule has 0 radical (unpaired) electrons. The molecule has 8 heteroatoms. The monoisotopic (exact) mass is 519 g/mol. The van der Waals surface area contributed by atoms with Crippen molar-refractivity contribution in [2.75, 3.05) is 34.4 Å². The van der Waals surface area contributed by atoms with Crippen LogP contribution in [0.25, 0.3) is 0 Å². The van der Waals surface area contributed by atoms with E-state index in [9.17, 15) is 8.78 Å². The van der Waals surface area contributed by atoms with Gasteiger partial charge in [-0.05, 0) is 47.7 Å². The fraction of sp³-hybridized carbons (Fsp3) is 0.381. The van der Waals surface area contributed by atoms with E-state index in [2.05, 4.69) is 15.6 Å². The van der Waals surface area contributed by atoms with Crippen molar-refractivity contribution in [3.63, 3.8) is 0 Å². The molecule has 29 heavy (non-hydrogen) atoms. The lowest BCUT2D eigenvalue weighted by atomic mass is 10.0. The average molecular weight is 519 g/mol. The van der Waals surface area contributed by atoms with E-state index in [1.54, 1.807) is 27.3 Å². The van der Waals surface area contributed by atoms with Crippen molar-refractivity contribution < 1.29 is 18.3 Å². The number of hydrogen-bond donors (Lipinski definition) is 2. The highest BCUT2D eigenvalue weighted by molar-refractivity contribution is 14.0. The minimum Gasteiger partial charge on any atom is -0.493 e. The zero-order valence-corrected chi connectivity index (χ0v) is 19.4. The molecule has 0 aliphatic carbocycles. The van der Waals surface area contributed by atoms with Crippen molar-refractivity contribution in [3.8, 4) is 11.5 Å². The summed E-state index contributed by atoms with van der Waals surface area (Å²) in [5.74, 6) is 0.374. The van der Waals surface area contributed by atoms with Crippen LogP contribution in [0.1, 0.15) is 24.0 Å². The minimum atomic E-state index is -0.837. The van der Waals surface area contributed by atoms with Gasteiger partial charge < -0.3 is 20.1 Å². The summed E-state index contributed by atoms with van der Waals surface area (Å²) in [7, 11) is 4.91. The van der Waals surface area contributed by atoms with Crippen LogP contribution in [-0.2, 0) is 6.42 Å². The first-order chi connectivity index (χ1) is 13.5. The van der Waals surface area contributed by atoms with E-state index in [4.69, 9.17) is 9.47 Å². The highest BCUT2D eigenvalue weighted by atomic mass is 127. The van der Waals surface area contributed by atoms with Crippen LogP contribution in [0.4, 0.5) is 8.78 Å². The molecule has 5 nitrogen and oxygen atoms in total. The lowest BCUT2D eigenvalue weighted by molar-refractivity contribution is 0.354. The molecule has 160 valence electrons. The van der Waals surface area contributed by atoms with Gasteiger partial charge in [0.05, 0.1) is 14.2 Å². The van der Waals surface area contributed by atoms with Gasteiger partial charge in [-0.2, -0.15) is 0 Å². The summed E-state index contributed by atoms with van der Waals surface area (Å²) in [6.45, 7) is 3.16. The Bertz CT molecular complexity index is 819. The fourth-order valence-corrected chi connectivity index (χ4v) is 2.77.